The van der Waals surface area contributed by atoms with Crippen molar-refractivity contribution < 1.29 is 9.90 Å². The molecule has 1 aromatic rings. The van der Waals surface area contributed by atoms with Crippen LogP contribution in [-0.4, -0.2) is 44.6 Å². The molecular weight excluding hydrogens is 294 g/mol. The lowest BCUT2D eigenvalue weighted by atomic mass is 9.93. The number of aryl methyl sites for hydroxylation is 1. The van der Waals surface area contributed by atoms with Gasteiger partial charge in [0.2, 0.25) is 0 Å². The normalized spacial score (nSPS) is 17.3. The summed E-state index contributed by atoms with van der Waals surface area (Å²) < 4.78 is 2.19. The van der Waals surface area contributed by atoms with Gasteiger partial charge in [0.1, 0.15) is 11.6 Å². The molecule has 7 heteroatoms. The van der Waals surface area contributed by atoms with E-state index in [9.17, 15) is 9.90 Å². The Kier molecular flexibility index (Phi) is 5.98. The number of nitrogens with zero attached hydrogens (tertiary/aromatic N) is 3. The number of fused-ring (bicyclic) bond motifs is 1. The van der Waals surface area contributed by atoms with Crippen LogP contribution in [-0.2, 0) is 19.4 Å². The third-order valence-corrected chi connectivity index (χ3v) is 4.67. The van der Waals surface area contributed by atoms with Gasteiger partial charge >= 0.3 is 6.03 Å². The number of aromatic nitrogens is 3. The van der Waals surface area contributed by atoms with Crippen LogP contribution in [0, 0.1) is 5.92 Å². The predicted molar refractivity (Wildman–Crippen MR) is 88.1 cm³/mol. The Morgan fingerprint density at radius 2 is 2.09 bits per heavy atom. The average molecular weight is 323 g/mol. The number of aliphatic hydroxyl groups is 1. The minimum atomic E-state index is -0.901. The summed E-state index contributed by atoms with van der Waals surface area (Å²) in [7, 11) is 0. The summed E-state index contributed by atoms with van der Waals surface area (Å²) in [6, 6.07) is -0.262. The maximum Gasteiger partial charge on any atom is 0.314 e. The molecule has 130 valence electrons. The number of nitrogens with one attached hydrogen (secondary N) is 2. The first-order chi connectivity index (χ1) is 10.9. The minimum Gasteiger partial charge on any atom is -0.388 e. The molecule has 0 aromatic carbocycles. The first-order valence-corrected chi connectivity index (χ1v) is 8.55. The zero-order valence-corrected chi connectivity index (χ0v) is 14.4. The van der Waals surface area contributed by atoms with Crippen LogP contribution in [0.2, 0.25) is 0 Å². The number of urea groups is 1. The monoisotopic (exact) mass is 323 g/mol. The minimum absolute atomic E-state index is 0.0780. The molecule has 7 nitrogen and oxygen atoms in total. The van der Waals surface area contributed by atoms with Crippen LogP contribution in [0.5, 0.6) is 0 Å². The van der Waals surface area contributed by atoms with Crippen molar-refractivity contribution >= 4 is 6.03 Å². The number of carbonyl (C=O) groups is 1. The van der Waals surface area contributed by atoms with Crippen molar-refractivity contribution in [2.24, 2.45) is 5.92 Å². The lowest BCUT2D eigenvalue weighted by Gasteiger charge is -2.27. The van der Waals surface area contributed by atoms with Gasteiger partial charge < -0.3 is 20.3 Å². The zero-order valence-electron chi connectivity index (χ0n) is 14.4. The molecule has 1 aliphatic rings. The Morgan fingerprint density at radius 3 is 2.83 bits per heavy atom. The van der Waals surface area contributed by atoms with Gasteiger partial charge in [0, 0.05) is 32.5 Å². The van der Waals surface area contributed by atoms with Gasteiger partial charge in [0.15, 0.2) is 0 Å². The Bertz CT molecular complexity index is 525. The van der Waals surface area contributed by atoms with E-state index in [0.29, 0.717) is 13.0 Å². The highest BCUT2D eigenvalue weighted by Crippen LogP contribution is 2.15. The summed E-state index contributed by atoms with van der Waals surface area (Å²) in [6.07, 6.45) is 5.23. The lowest BCUT2D eigenvalue weighted by molar-refractivity contribution is 0.0166. The zero-order chi connectivity index (χ0) is 16.9. The Morgan fingerprint density at radius 1 is 1.30 bits per heavy atom. The third kappa shape index (κ3) is 4.92. The predicted octanol–water partition coefficient (Wildman–Crippen LogP) is 1.25. The van der Waals surface area contributed by atoms with Gasteiger partial charge in [0.05, 0.1) is 5.60 Å². The summed E-state index contributed by atoms with van der Waals surface area (Å²) in [5.74, 6) is 2.08. The van der Waals surface area contributed by atoms with Crippen LogP contribution in [0.15, 0.2) is 0 Å². The smallest absolute Gasteiger partial charge is 0.314 e. The highest BCUT2D eigenvalue weighted by atomic mass is 16.3. The molecule has 0 saturated carbocycles. The Hall–Kier alpha value is -1.63. The molecule has 2 heterocycles. The van der Waals surface area contributed by atoms with Gasteiger partial charge in [-0.1, -0.05) is 20.3 Å². The van der Waals surface area contributed by atoms with E-state index in [1.165, 1.54) is 12.8 Å². The molecule has 0 fully saturated rings. The van der Waals surface area contributed by atoms with Crippen molar-refractivity contribution in [3.8, 4) is 0 Å². The topological polar surface area (TPSA) is 92.1 Å². The van der Waals surface area contributed by atoms with Crippen molar-refractivity contribution in [3.63, 3.8) is 0 Å². The van der Waals surface area contributed by atoms with Crippen molar-refractivity contribution in [2.45, 2.75) is 65.0 Å². The van der Waals surface area contributed by atoms with Crippen molar-refractivity contribution in [1.82, 2.24) is 25.4 Å². The van der Waals surface area contributed by atoms with E-state index >= 15 is 0 Å². The number of carbonyl (C=O) groups excluding carboxylic acids is 1. The fourth-order valence-electron chi connectivity index (χ4n) is 2.54. The standard InChI is InChI=1S/C16H29N5O2/c1-12(2)16(3,23)11-18-15(22)17-9-8-14-20-19-13-7-5-4-6-10-21(13)14/h12,23H,4-11H2,1-3H3,(H2,17,18,22). The van der Waals surface area contributed by atoms with Gasteiger partial charge in [-0.25, -0.2) is 4.79 Å². The lowest BCUT2D eigenvalue weighted by Crippen LogP contribution is -2.47. The molecule has 0 bridgehead atoms. The Labute approximate surface area is 137 Å². The molecule has 0 radical (unpaired) electrons. The van der Waals surface area contributed by atoms with E-state index in [0.717, 1.165) is 31.0 Å². The van der Waals surface area contributed by atoms with Crippen molar-refractivity contribution in [1.29, 1.82) is 0 Å². The molecule has 2 rings (SSSR count). The second-order valence-corrected chi connectivity index (χ2v) is 6.87. The second kappa shape index (κ2) is 7.77. The van der Waals surface area contributed by atoms with E-state index < -0.39 is 5.60 Å². The second-order valence-electron chi connectivity index (χ2n) is 6.87. The number of rotatable bonds is 6. The molecule has 2 amide bonds. The van der Waals surface area contributed by atoms with E-state index in [-0.39, 0.29) is 18.5 Å². The van der Waals surface area contributed by atoms with Gasteiger partial charge in [-0.2, -0.15) is 0 Å². The molecule has 23 heavy (non-hydrogen) atoms. The fraction of sp³-hybridized carbons (Fsp3) is 0.812. The van der Waals surface area contributed by atoms with Crippen LogP contribution in [0.1, 0.15) is 51.7 Å². The van der Waals surface area contributed by atoms with Gasteiger partial charge in [-0.3, -0.25) is 0 Å². The summed E-state index contributed by atoms with van der Waals surface area (Å²) in [5.41, 5.74) is -0.901. The summed E-state index contributed by atoms with van der Waals surface area (Å²) in [6.45, 7) is 7.29. The van der Waals surface area contributed by atoms with E-state index in [4.69, 9.17) is 0 Å². The van der Waals surface area contributed by atoms with Gasteiger partial charge in [-0.15, -0.1) is 10.2 Å². The fourth-order valence-corrected chi connectivity index (χ4v) is 2.54. The highest BCUT2D eigenvalue weighted by molar-refractivity contribution is 5.73. The van der Waals surface area contributed by atoms with Crippen molar-refractivity contribution in [3.05, 3.63) is 11.6 Å². The summed E-state index contributed by atoms with van der Waals surface area (Å²) >= 11 is 0. The summed E-state index contributed by atoms with van der Waals surface area (Å²) in [4.78, 5) is 11.8. The molecule has 1 aromatic heterocycles. The molecular formula is C16H29N5O2. The quantitative estimate of drug-likeness (QED) is 0.735. The first kappa shape index (κ1) is 17.7. The molecule has 0 aliphatic carbocycles. The first-order valence-electron chi connectivity index (χ1n) is 8.55. The van der Waals surface area contributed by atoms with Gasteiger partial charge in [-0.05, 0) is 25.7 Å². The maximum atomic E-state index is 11.8. The average Bonchev–Trinajstić information content (AvgIpc) is 2.73. The third-order valence-electron chi connectivity index (χ3n) is 4.67. The number of hydrogen-bond acceptors (Lipinski definition) is 4. The number of hydrogen-bond donors (Lipinski definition) is 3. The molecule has 1 aliphatic heterocycles. The van der Waals surface area contributed by atoms with E-state index in [1.807, 2.05) is 13.8 Å². The Balaban J connectivity index is 1.75. The van der Waals surface area contributed by atoms with Crippen molar-refractivity contribution in [2.75, 3.05) is 13.1 Å². The number of amides is 2. The van der Waals surface area contributed by atoms with Crippen LogP contribution in [0.3, 0.4) is 0 Å². The van der Waals surface area contributed by atoms with Gasteiger partial charge in [0.25, 0.3) is 0 Å². The summed E-state index contributed by atoms with van der Waals surface area (Å²) in [5, 5.41) is 24.1. The van der Waals surface area contributed by atoms with Crippen LogP contribution in [0.4, 0.5) is 4.79 Å². The molecule has 0 spiro atoms. The maximum absolute atomic E-state index is 11.8. The molecule has 1 atom stereocenters. The van der Waals surface area contributed by atoms with E-state index in [2.05, 4.69) is 25.4 Å². The molecule has 3 N–H and O–H groups in total. The largest absolute Gasteiger partial charge is 0.388 e. The molecule has 0 saturated heterocycles. The van der Waals surface area contributed by atoms with Crippen LogP contribution < -0.4 is 10.6 Å². The molecule has 1 unspecified atom stereocenters. The van der Waals surface area contributed by atoms with Crippen LogP contribution >= 0.6 is 0 Å². The SMILES string of the molecule is CC(C)C(C)(O)CNC(=O)NCCc1nnc2n1CCCCC2. The highest BCUT2D eigenvalue weighted by Gasteiger charge is 2.25. The van der Waals surface area contributed by atoms with E-state index in [1.54, 1.807) is 6.92 Å². The van der Waals surface area contributed by atoms with Crippen LogP contribution in [0.25, 0.3) is 0 Å².